The molecule has 0 spiro atoms. The van der Waals surface area contributed by atoms with Gasteiger partial charge in [-0.05, 0) is 42.6 Å². The third kappa shape index (κ3) is 3.80. The number of imide groups is 1. The molecule has 3 aromatic rings. The van der Waals surface area contributed by atoms with Crippen molar-refractivity contribution in [3.05, 3.63) is 65.7 Å². The van der Waals surface area contributed by atoms with Gasteiger partial charge in [-0.3, -0.25) is 23.7 Å². The number of thiophene rings is 1. The van der Waals surface area contributed by atoms with Crippen molar-refractivity contribution in [3.63, 3.8) is 0 Å². The highest BCUT2D eigenvalue weighted by atomic mass is 79.9. The summed E-state index contributed by atoms with van der Waals surface area (Å²) in [5, 5.41) is 1.79. The first-order chi connectivity index (χ1) is 15.9. The standard InChI is InChI=1S/C22H17BrN2O5S3/c1-2-30-14(26)10-24-21-18(33-22(24)29)15(13-4-3-9-31-13)16-17(32-21)20(28)25(19(16)27)12-7-5-11(23)6-8-12/h3-9,15-17H,2,10H2,1H3/t15-,16?,17?/m1/s1. The summed E-state index contributed by atoms with van der Waals surface area (Å²) >= 11 is 7.10. The Hall–Kier alpha value is -2.21. The largest absolute Gasteiger partial charge is 0.465 e. The molecule has 4 heterocycles. The van der Waals surface area contributed by atoms with Gasteiger partial charge in [0.2, 0.25) is 11.8 Å². The van der Waals surface area contributed by atoms with Gasteiger partial charge in [0.1, 0.15) is 11.8 Å². The Labute approximate surface area is 209 Å². The molecule has 7 nitrogen and oxygen atoms in total. The predicted octanol–water partition coefficient (Wildman–Crippen LogP) is 4.09. The zero-order valence-corrected chi connectivity index (χ0v) is 21.3. The molecular weight excluding hydrogens is 548 g/mol. The fourth-order valence-electron chi connectivity index (χ4n) is 4.21. The van der Waals surface area contributed by atoms with Crippen LogP contribution in [0.15, 0.2) is 56.1 Å². The van der Waals surface area contributed by atoms with E-state index in [0.29, 0.717) is 10.7 Å². The number of hydrogen-bond acceptors (Lipinski definition) is 8. The van der Waals surface area contributed by atoms with E-state index in [2.05, 4.69) is 15.9 Å². The fraction of sp³-hybridized carbons (Fsp3) is 0.273. The number of carbonyl (C=O) groups is 3. The molecule has 1 aromatic carbocycles. The van der Waals surface area contributed by atoms with Crippen molar-refractivity contribution in [1.29, 1.82) is 0 Å². The van der Waals surface area contributed by atoms with Crippen LogP contribution < -0.4 is 9.77 Å². The summed E-state index contributed by atoms with van der Waals surface area (Å²) in [5.74, 6) is -2.16. The number of fused-ring (bicyclic) bond motifs is 2. The number of halogens is 1. The van der Waals surface area contributed by atoms with Gasteiger partial charge >= 0.3 is 10.8 Å². The first-order valence-electron chi connectivity index (χ1n) is 10.1. The van der Waals surface area contributed by atoms with Crippen LogP contribution in [0.5, 0.6) is 0 Å². The van der Waals surface area contributed by atoms with E-state index in [0.717, 1.165) is 25.6 Å². The second-order valence-corrected chi connectivity index (χ2v) is 11.5. The van der Waals surface area contributed by atoms with Crippen LogP contribution in [-0.4, -0.2) is 34.2 Å². The molecule has 0 aliphatic carbocycles. The SMILES string of the molecule is CCOC(=O)Cn1c2c(sc1=O)[C@H](c1cccs1)C1C(=O)N(c3ccc(Br)cc3)C(=O)C1S2. The molecule has 33 heavy (non-hydrogen) atoms. The minimum absolute atomic E-state index is 0.213. The number of carbonyl (C=O) groups excluding carboxylic acids is 3. The summed E-state index contributed by atoms with van der Waals surface area (Å²) < 4.78 is 7.26. The van der Waals surface area contributed by atoms with Gasteiger partial charge in [-0.25, -0.2) is 4.90 Å². The van der Waals surface area contributed by atoms with E-state index in [1.165, 1.54) is 32.6 Å². The average Bonchev–Trinajstić information content (AvgIpc) is 3.48. The van der Waals surface area contributed by atoms with Gasteiger partial charge in [0.05, 0.1) is 23.2 Å². The molecule has 1 fully saturated rings. The molecule has 3 atom stereocenters. The predicted molar refractivity (Wildman–Crippen MR) is 131 cm³/mol. The van der Waals surface area contributed by atoms with Gasteiger partial charge in [0, 0.05) is 20.1 Å². The van der Waals surface area contributed by atoms with Crippen LogP contribution in [0, 0.1) is 5.92 Å². The van der Waals surface area contributed by atoms with Crippen LogP contribution in [0.25, 0.3) is 0 Å². The Morgan fingerprint density at radius 3 is 2.55 bits per heavy atom. The first-order valence-corrected chi connectivity index (χ1v) is 13.5. The van der Waals surface area contributed by atoms with Crippen LogP contribution in [-0.2, 0) is 25.7 Å². The number of aromatic nitrogens is 1. The smallest absolute Gasteiger partial charge is 0.326 e. The third-order valence-corrected chi connectivity index (χ3v) is 9.66. The third-order valence-electron chi connectivity index (χ3n) is 5.58. The van der Waals surface area contributed by atoms with Crippen molar-refractivity contribution in [1.82, 2.24) is 4.57 Å². The number of hydrogen-bond donors (Lipinski definition) is 0. The van der Waals surface area contributed by atoms with Crippen molar-refractivity contribution in [2.24, 2.45) is 5.92 Å². The number of rotatable bonds is 5. The zero-order chi connectivity index (χ0) is 23.3. The number of amides is 2. The number of esters is 1. The molecule has 0 radical (unpaired) electrons. The van der Waals surface area contributed by atoms with E-state index in [9.17, 15) is 19.2 Å². The van der Waals surface area contributed by atoms with E-state index < -0.39 is 23.1 Å². The number of thiazole rings is 1. The maximum absolute atomic E-state index is 13.6. The quantitative estimate of drug-likeness (QED) is 0.342. The lowest BCUT2D eigenvalue weighted by Gasteiger charge is -2.29. The van der Waals surface area contributed by atoms with Gasteiger partial charge in [0.25, 0.3) is 0 Å². The van der Waals surface area contributed by atoms with Crippen LogP contribution in [0.3, 0.4) is 0 Å². The Morgan fingerprint density at radius 2 is 1.88 bits per heavy atom. The molecule has 2 aliphatic heterocycles. The van der Waals surface area contributed by atoms with Crippen molar-refractivity contribution in [3.8, 4) is 0 Å². The van der Waals surface area contributed by atoms with E-state index in [1.807, 2.05) is 17.5 Å². The first kappa shape index (κ1) is 22.6. The lowest BCUT2D eigenvalue weighted by molar-refractivity contribution is -0.144. The number of thioether (sulfide) groups is 1. The molecule has 2 unspecified atom stereocenters. The average molecular weight is 565 g/mol. The van der Waals surface area contributed by atoms with E-state index >= 15 is 0 Å². The summed E-state index contributed by atoms with van der Waals surface area (Å²) in [7, 11) is 0. The molecule has 5 rings (SSSR count). The molecule has 0 N–H and O–H groups in total. The lowest BCUT2D eigenvalue weighted by Crippen LogP contribution is -2.32. The summed E-state index contributed by atoms with van der Waals surface area (Å²) in [4.78, 5) is 54.7. The van der Waals surface area contributed by atoms with Crippen molar-refractivity contribution in [2.45, 2.75) is 29.7 Å². The Morgan fingerprint density at radius 1 is 1.12 bits per heavy atom. The zero-order valence-electron chi connectivity index (χ0n) is 17.2. The lowest BCUT2D eigenvalue weighted by atomic mass is 9.87. The monoisotopic (exact) mass is 564 g/mol. The van der Waals surface area contributed by atoms with Gasteiger partial charge in [-0.1, -0.05) is 45.1 Å². The Balaban J connectivity index is 1.61. The second-order valence-electron chi connectivity index (χ2n) is 7.47. The highest BCUT2D eigenvalue weighted by molar-refractivity contribution is 9.10. The molecule has 0 saturated carbocycles. The molecule has 11 heteroatoms. The van der Waals surface area contributed by atoms with Gasteiger partial charge < -0.3 is 4.74 Å². The highest BCUT2D eigenvalue weighted by Crippen LogP contribution is 2.54. The maximum Gasteiger partial charge on any atom is 0.326 e. The minimum Gasteiger partial charge on any atom is -0.465 e. The molecule has 1 saturated heterocycles. The molecule has 170 valence electrons. The number of anilines is 1. The summed E-state index contributed by atoms with van der Waals surface area (Å²) in [6.45, 7) is 1.69. The normalized spacial score (nSPS) is 21.8. The summed E-state index contributed by atoms with van der Waals surface area (Å²) in [6.07, 6.45) is 0. The highest BCUT2D eigenvalue weighted by Gasteiger charge is 2.57. The van der Waals surface area contributed by atoms with E-state index in [-0.39, 0.29) is 29.8 Å². The van der Waals surface area contributed by atoms with Crippen LogP contribution >= 0.6 is 50.4 Å². The topological polar surface area (TPSA) is 85.7 Å². The molecule has 2 amide bonds. The number of benzene rings is 1. The molecular formula is C22H17BrN2O5S3. The van der Waals surface area contributed by atoms with Crippen LogP contribution in [0.2, 0.25) is 0 Å². The Bertz CT molecular complexity index is 1300. The number of ether oxygens (including phenoxy) is 1. The minimum atomic E-state index is -0.691. The fourth-order valence-corrected chi connectivity index (χ4v) is 8.20. The second kappa shape index (κ2) is 8.86. The molecule has 2 aromatic heterocycles. The molecule has 0 bridgehead atoms. The Kier molecular flexibility index (Phi) is 6.06. The summed E-state index contributed by atoms with van der Waals surface area (Å²) in [5.41, 5.74) is 0.514. The van der Waals surface area contributed by atoms with Crippen molar-refractivity contribution >= 4 is 73.8 Å². The van der Waals surface area contributed by atoms with E-state index in [4.69, 9.17) is 4.74 Å². The van der Waals surface area contributed by atoms with Gasteiger partial charge in [-0.15, -0.1) is 11.3 Å². The van der Waals surface area contributed by atoms with Crippen molar-refractivity contribution in [2.75, 3.05) is 11.5 Å². The summed E-state index contributed by atoms with van der Waals surface area (Å²) in [6, 6.07) is 10.8. The van der Waals surface area contributed by atoms with Crippen LogP contribution in [0.1, 0.15) is 22.6 Å². The van der Waals surface area contributed by atoms with E-state index in [1.54, 1.807) is 31.2 Å². The van der Waals surface area contributed by atoms with Crippen LogP contribution in [0.4, 0.5) is 5.69 Å². The van der Waals surface area contributed by atoms with Gasteiger partial charge in [0.15, 0.2) is 0 Å². The number of nitrogens with zero attached hydrogens (tertiary/aromatic N) is 2. The maximum atomic E-state index is 13.6. The molecule has 2 aliphatic rings. The van der Waals surface area contributed by atoms with Gasteiger partial charge in [-0.2, -0.15) is 0 Å². The van der Waals surface area contributed by atoms with Crippen molar-refractivity contribution < 1.29 is 19.1 Å².